The standard InChI is InChI=1S/C21H22N4/c1-13-9-8-12-16-17(13)24-25-19(22-16)18-14-10-6-7-11-15(14)20(2,3)21(4,5)23-18/h6-12H,1-5H3. The Morgan fingerprint density at radius 1 is 0.840 bits per heavy atom. The largest absolute Gasteiger partial charge is 0.274 e. The summed E-state index contributed by atoms with van der Waals surface area (Å²) in [5.74, 6) is 0.592. The van der Waals surface area contributed by atoms with E-state index >= 15 is 0 Å². The molecule has 0 atom stereocenters. The Labute approximate surface area is 148 Å². The fraction of sp³-hybridized carbons (Fsp3) is 0.333. The summed E-state index contributed by atoms with van der Waals surface area (Å²) >= 11 is 0. The first-order valence-corrected chi connectivity index (χ1v) is 8.61. The zero-order valence-electron chi connectivity index (χ0n) is 15.3. The average Bonchev–Trinajstić information content (AvgIpc) is 2.58. The van der Waals surface area contributed by atoms with Crippen LogP contribution in [0.15, 0.2) is 47.5 Å². The summed E-state index contributed by atoms with van der Waals surface area (Å²) in [6, 6.07) is 14.4. The predicted molar refractivity (Wildman–Crippen MR) is 101 cm³/mol. The molecule has 0 N–H and O–H groups in total. The van der Waals surface area contributed by atoms with Crippen LogP contribution in [0, 0.1) is 6.92 Å². The van der Waals surface area contributed by atoms with Crippen molar-refractivity contribution in [1.29, 1.82) is 0 Å². The van der Waals surface area contributed by atoms with E-state index in [1.165, 1.54) is 5.56 Å². The number of rotatable bonds is 1. The molecule has 25 heavy (non-hydrogen) atoms. The van der Waals surface area contributed by atoms with Gasteiger partial charge in [-0.15, -0.1) is 10.2 Å². The third-order valence-electron chi connectivity index (χ3n) is 5.68. The average molecular weight is 330 g/mol. The van der Waals surface area contributed by atoms with Crippen LogP contribution in [0.2, 0.25) is 0 Å². The number of aromatic nitrogens is 3. The molecule has 0 amide bonds. The van der Waals surface area contributed by atoms with Gasteiger partial charge in [0, 0.05) is 11.0 Å². The van der Waals surface area contributed by atoms with Gasteiger partial charge in [0.2, 0.25) is 5.82 Å². The molecule has 1 aliphatic rings. The van der Waals surface area contributed by atoms with Crippen molar-refractivity contribution in [2.45, 2.75) is 45.6 Å². The Hall–Kier alpha value is -2.62. The van der Waals surface area contributed by atoms with Crippen molar-refractivity contribution in [2.24, 2.45) is 4.99 Å². The Balaban J connectivity index is 1.97. The van der Waals surface area contributed by atoms with Gasteiger partial charge in [-0.1, -0.05) is 50.2 Å². The highest BCUT2D eigenvalue weighted by Crippen LogP contribution is 2.43. The van der Waals surface area contributed by atoms with Gasteiger partial charge in [-0.25, -0.2) is 4.98 Å². The minimum Gasteiger partial charge on any atom is -0.274 e. The smallest absolute Gasteiger partial charge is 0.201 e. The van der Waals surface area contributed by atoms with Gasteiger partial charge in [0.15, 0.2) is 0 Å². The Bertz CT molecular complexity index is 1020. The van der Waals surface area contributed by atoms with Gasteiger partial charge >= 0.3 is 0 Å². The van der Waals surface area contributed by atoms with Crippen molar-refractivity contribution >= 4 is 16.7 Å². The maximum absolute atomic E-state index is 5.06. The van der Waals surface area contributed by atoms with Crippen molar-refractivity contribution in [3.05, 3.63) is 65.0 Å². The van der Waals surface area contributed by atoms with Crippen LogP contribution in [0.25, 0.3) is 11.0 Å². The van der Waals surface area contributed by atoms with Crippen molar-refractivity contribution in [3.63, 3.8) is 0 Å². The molecule has 4 nitrogen and oxygen atoms in total. The summed E-state index contributed by atoms with van der Waals surface area (Å²) in [7, 11) is 0. The third-order valence-corrected chi connectivity index (χ3v) is 5.68. The molecule has 0 saturated heterocycles. The first-order valence-electron chi connectivity index (χ1n) is 8.61. The van der Waals surface area contributed by atoms with E-state index in [1.807, 2.05) is 31.2 Å². The first-order chi connectivity index (χ1) is 11.8. The van der Waals surface area contributed by atoms with E-state index in [0.29, 0.717) is 5.82 Å². The lowest BCUT2D eigenvalue weighted by molar-refractivity contribution is 0.303. The molecule has 1 aliphatic heterocycles. The van der Waals surface area contributed by atoms with Crippen LogP contribution in [-0.2, 0) is 5.41 Å². The lowest BCUT2D eigenvalue weighted by Gasteiger charge is -2.44. The highest BCUT2D eigenvalue weighted by atomic mass is 15.2. The summed E-state index contributed by atoms with van der Waals surface area (Å²) < 4.78 is 0. The summed E-state index contributed by atoms with van der Waals surface area (Å²) in [5, 5.41) is 8.83. The molecule has 1 aromatic heterocycles. The number of hydrogen-bond donors (Lipinski definition) is 0. The molecule has 0 bridgehead atoms. The molecule has 2 aromatic carbocycles. The number of benzene rings is 2. The van der Waals surface area contributed by atoms with Gasteiger partial charge in [0.05, 0.1) is 11.1 Å². The Kier molecular flexibility index (Phi) is 3.29. The Morgan fingerprint density at radius 3 is 2.40 bits per heavy atom. The molecule has 2 heterocycles. The minimum absolute atomic E-state index is 0.0754. The number of aliphatic imine (C=N–C) groups is 1. The second-order valence-electron chi connectivity index (χ2n) is 7.77. The van der Waals surface area contributed by atoms with Gasteiger partial charge < -0.3 is 0 Å². The van der Waals surface area contributed by atoms with E-state index in [9.17, 15) is 0 Å². The monoisotopic (exact) mass is 330 g/mol. The molecule has 0 unspecified atom stereocenters. The molecule has 0 fully saturated rings. The molecule has 4 heteroatoms. The molecule has 3 aromatic rings. The van der Waals surface area contributed by atoms with E-state index < -0.39 is 0 Å². The zero-order valence-corrected chi connectivity index (χ0v) is 15.3. The molecule has 0 aliphatic carbocycles. The fourth-order valence-corrected chi connectivity index (χ4v) is 3.41. The second kappa shape index (κ2) is 5.19. The zero-order chi connectivity index (χ0) is 17.8. The number of aryl methyl sites for hydroxylation is 1. The highest BCUT2D eigenvalue weighted by Gasteiger charge is 2.44. The van der Waals surface area contributed by atoms with Crippen molar-refractivity contribution in [2.75, 3.05) is 0 Å². The van der Waals surface area contributed by atoms with Crippen LogP contribution in [-0.4, -0.2) is 26.4 Å². The predicted octanol–water partition coefficient (Wildman–Crippen LogP) is 4.24. The second-order valence-corrected chi connectivity index (χ2v) is 7.77. The molecular weight excluding hydrogens is 308 g/mol. The van der Waals surface area contributed by atoms with Gasteiger partial charge in [-0.2, -0.15) is 0 Å². The summed E-state index contributed by atoms with van der Waals surface area (Å²) in [6.45, 7) is 10.9. The van der Waals surface area contributed by atoms with E-state index in [4.69, 9.17) is 9.98 Å². The van der Waals surface area contributed by atoms with Crippen LogP contribution in [0.4, 0.5) is 0 Å². The Morgan fingerprint density at radius 2 is 1.60 bits per heavy atom. The lowest BCUT2D eigenvalue weighted by atomic mass is 9.66. The summed E-state index contributed by atoms with van der Waals surface area (Å²) in [4.78, 5) is 9.83. The van der Waals surface area contributed by atoms with Gasteiger partial charge in [-0.05, 0) is 38.0 Å². The number of hydrogen-bond acceptors (Lipinski definition) is 4. The van der Waals surface area contributed by atoms with Gasteiger partial charge in [0.25, 0.3) is 0 Å². The van der Waals surface area contributed by atoms with Crippen LogP contribution < -0.4 is 0 Å². The number of fused-ring (bicyclic) bond motifs is 2. The van der Waals surface area contributed by atoms with Crippen LogP contribution >= 0.6 is 0 Å². The lowest BCUT2D eigenvalue weighted by Crippen LogP contribution is -2.46. The van der Waals surface area contributed by atoms with Crippen molar-refractivity contribution in [1.82, 2.24) is 15.2 Å². The molecular formula is C21H22N4. The van der Waals surface area contributed by atoms with Crippen molar-refractivity contribution in [3.8, 4) is 0 Å². The van der Waals surface area contributed by atoms with E-state index in [2.05, 4.69) is 56.1 Å². The topological polar surface area (TPSA) is 51.0 Å². The molecule has 0 radical (unpaired) electrons. The summed E-state index contributed by atoms with van der Waals surface area (Å²) in [5.41, 5.74) is 5.64. The minimum atomic E-state index is -0.262. The molecule has 0 saturated carbocycles. The quantitative estimate of drug-likeness (QED) is 0.670. The maximum atomic E-state index is 5.06. The van der Waals surface area contributed by atoms with Gasteiger partial charge in [0.1, 0.15) is 11.2 Å². The molecule has 126 valence electrons. The van der Waals surface area contributed by atoms with E-state index in [-0.39, 0.29) is 11.0 Å². The number of nitrogens with zero attached hydrogens (tertiary/aromatic N) is 4. The van der Waals surface area contributed by atoms with E-state index in [1.54, 1.807) is 0 Å². The first kappa shape index (κ1) is 15.9. The SMILES string of the molecule is Cc1cccc2nc(C3=NC(C)(C)C(C)(C)c4ccccc43)nnc12. The fourth-order valence-electron chi connectivity index (χ4n) is 3.41. The van der Waals surface area contributed by atoms with Crippen molar-refractivity contribution < 1.29 is 0 Å². The van der Waals surface area contributed by atoms with E-state index in [0.717, 1.165) is 27.9 Å². The highest BCUT2D eigenvalue weighted by molar-refractivity contribution is 6.13. The third kappa shape index (κ3) is 2.28. The molecule has 4 rings (SSSR count). The van der Waals surface area contributed by atoms with Crippen LogP contribution in [0.3, 0.4) is 0 Å². The molecule has 0 spiro atoms. The maximum Gasteiger partial charge on any atom is 0.201 e. The van der Waals surface area contributed by atoms with Gasteiger partial charge in [-0.3, -0.25) is 4.99 Å². The van der Waals surface area contributed by atoms with Crippen LogP contribution in [0.5, 0.6) is 0 Å². The summed E-state index contributed by atoms with van der Waals surface area (Å²) in [6.07, 6.45) is 0. The normalized spacial score (nSPS) is 17.9. The van der Waals surface area contributed by atoms with Crippen LogP contribution in [0.1, 0.15) is 50.2 Å².